The number of anilines is 1. The zero-order chi connectivity index (χ0) is 26.0. The van der Waals surface area contributed by atoms with Crippen molar-refractivity contribution < 1.29 is 18.7 Å². The quantitative estimate of drug-likeness (QED) is 0.547. The second kappa shape index (κ2) is 8.92. The van der Waals surface area contributed by atoms with Crippen LogP contribution in [-0.2, 0) is 30.9 Å². The smallest absolute Gasteiger partial charge is 0.257 e. The van der Waals surface area contributed by atoms with Gasteiger partial charge in [0.2, 0.25) is 0 Å². The van der Waals surface area contributed by atoms with Crippen LogP contribution in [0.1, 0.15) is 64.7 Å². The summed E-state index contributed by atoms with van der Waals surface area (Å²) in [5, 5.41) is 0.739. The average molecular weight is 517 g/mol. The van der Waals surface area contributed by atoms with Gasteiger partial charge >= 0.3 is 0 Å². The van der Waals surface area contributed by atoms with Gasteiger partial charge in [-0.1, -0.05) is 12.1 Å². The maximum Gasteiger partial charge on any atom is 0.257 e. The Hall–Kier alpha value is -3.23. The van der Waals surface area contributed by atoms with Crippen LogP contribution in [0.3, 0.4) is 0 Å². The molecule has 1 aromatic heterocycles. The zero-order valence-corrected chi connectivity index (χ0v) is 21.8. The molecule has 0 bridgehead atoms. The van der Waals surface area contributed by atoms with Gasteiger partial charge in [0.15, 0.2) is 0 Å². The first kappa shape index (κ1) is 23.9. The molecule has 0 unspecified atom stereocenters. The zero-order valence-electron chi connectivity index (χ0n) is 21.8. The summed E-state index contributed by atoms with van der Waals surface area (Å²) in [5.74, 6) is 0.483. The van der Waals surface area contributed by atoms with E-state index in [1.807, 2.05) is 4.90 Å². The van der Waals surface area contributed by atoms with Gasteiger partial charge in [-0.15, -0.1) is 0 Å². The van der Waals surface area contributed by atoms with E-state index in [0.29, 0.717) is 31.1 Å². The molecule has 3 aliphatic heterocycles. The number of pyridine rings is 1. The number of likely N-dealkylation sites (tertiary alicyclic amines) is 1. The molecule has 4 heterocycles. The molecule has 2 N–H and O–H groups in total. The monoisotopic (exact) mass is 516 g/mol. The maximum absolute atomic E-state index is 15.4. The largest absolute Gasteiger partial charge is 0.487 e. The van der Waals surface area contributed by atoms with Crippen molar-refractivity contribution in [2.75, 3.05) is 25.9 Å². The molecule has 198 valence electrons. The normalized spacial score (nSPS) is 20.3. The van der Waals surface area contributed by atoms with Gasteiger partial charge in [0.05, 0.1) is 24.3 Å². The van der Waals surface area contributed by atoms with Crippen molar-refractivity contribution in [2.45, 2.75) is 69.9 Å². The van der Waals surface area contributed by atoms with E-state index in [9.17, 15) is 4.79 Å². The molecule has 4 aliphatic rings. The maximum atomic E-state index is 15.4. The van der Waals surface area contributed by atoms with Gasteiger partial charge in [0.25, 0.3) is 5.91 Å². The molecule has 2 aromatic carbocycles. The fourth-order valence-electron chi connectivity index (χ4n) is 6.46. The van der Waals surface area contributed by atoms with Crippen LogP contribution in [0.5, 0.6) is 5.75 Å². The Kier molecular flexibility index (Phi) is 5.60. The Labute approximate surface area is 221 Å². The summed E-state index contributed by atoms with van der Waals surface area (Å²) in [4.78, 5) is 22.5. The molecule has 38 heavy (non-hydrogen) atoms. The molecular weight excluding hydrogens is 483 g/mol. The lowest BCUT2D eigenvalue weighted by Gasteiger charge is -2.38. The molecule has 1 saturated heterocycles. The Morgan fingerprint density at radius 2 is 1.97 bits per heavy atom. The first-order valence-electron chi connectivity index (χ1n) is 13.7. The van der Waals surface area contributed by atoms with Gasteiger partial charge in [-0.3, -0.25) is 4.79 Å². The molecule has 2 fully saturated rings. The van der Waals surface area contributed by atoms with Crippen LogP contribution in [0.25, 0.3) is 10.9 Å². The number of piperidine rings is 1. The average Bonchev–Trinajstić information content (AvgIpc) is 3.49. The summed E-state index contributed by atoms with van der Waals surface area (Å²) in [6.07, 6.45) is 5.91. The minimum absolute atomic E-state index is 0.0832. The van der Waals surface area contributed by atoms with Crippen molar-refractivity contribution in [1.29, 1.82) is 0 Å². The third kappa shape index (κ3) is 3.93. The summed E-state index contributed by atoms with van der Waals surface area (Å²) >= 11 is 0. The van der Waals surface area contributed by atoms with Crippen molar-refractivity contribution >= 4 is 22.6 Å². The number of hydrogen-bond donors (Lipinski definition) is 1. The highest BCUT2D eigenvalue weighted by molar-refractivity contribution is 5.99. The topological polar surface area (TPSA) is 80.9 Å². The second-order valence-corrected chi connectivity index (χ2v) is 11.5. The second-order valence-electron chi connectivity index (χ2n) is 11.5. The first-order valence-corrected chi connectivity index (χ1v) is 13.7. The van der Waals surface area contributed by atoms with Gasteiger partial charge < -0.3 is 25.0 Å². The molecule has 7 rings (SSSR count). The van der Waals surface area contributed by atoms with Crippen molar-refractivity contribution in [3.63, 3.8) is 0 Å². The number of rotatable bonds is 4. The predicted molar refractivity (Wildman–Crippen MR) is 142 cm³/mol. The number of amides is 1. The molecule has 1 aliphatic carbocycles. The number of hydrogen-bond acceptors (Lipinski definition) is 6. The fraction of sp³-hybridized carbons (Fsp3) is 0.467. The van der Waals surface area contributed by atoms with Crippen LogP contribution in [0.2, 0.25) is 0 Å². The van der Waals surface area contributed by atoms with Crippen LogP contribution in [0.15, 0.2) is 30.3 Å². The number of benzene rings is 2. The molecule has 8 heteroatoms. The molecule has 1 saturated carbocycles. The lowest BCUT2D eigenvalue weighted by Crippen LogP contribution is -2.45. The number of nitrogens with two attached hydrogens (primary N) is 1. The number of nitrogens with zero attached hydrogens (tertiary/aromatic N) is 3. The summed E-state index contributed by atoms with van der Waals surface area (Å²) in [6, 6.07) is 9.40. The van der Waals surface area contributed by atoms with Crippen molar-refractivity contribution in [2.24, 2.45) is 0 Å². The Morgan fingerprint density at radius 1 is 1.18 bits per heavy atom. The summed E-state index contributed by atoms with van der Waals surface area (Å²) in [5.41, 5.74) is 10.5. The van der Waals surface area contributed by atoms with Gasteiger partial charge in [0.1, 0.15) is 23.0 Å². The van der Waals surface area contributed by atoms with Crippen LogP contribution in [-0.4, -0.2) is 52.5 Å². The highest BCUT2D eigenvalue weighted by Crippen LogP contribution is 2.42. The molecule has 1 spiro atoms. The van der Waals surface area contributed by atoms with Crippen LogP contribution < -0.4 is 10.5 Å². The molecule has 1 amide bonds. The van der Waals surface area contributed by atoms with Crippen molar-refractivity contribution in [1.82, 2.24) is 14.8 Å². The van der Waals surface area contributed by atoms with E-state index in [4.69, 9.17) is 15.2 Å². The molecule has 0 atom stereocenters. The van der Waals surface area contributed by atoms with E-state index in [0.717, 1.165) is 79.4 Å². The van der Waals surface area contributed by atoms with Gasteiger partial charge in [-0.25, -0.2) is 9.37 Å². The molecule has 7 nitrogen and oxygen atoms in total. The van der Waals surface area contributed by atoms with Gasteiger partial charge in [0, 0.05) is 62.0 Å². The van der Waals surface area contributed by atoms with E-state index in [1.165, 1.54) is 11.6 Å². The van der Waals surface area contributed by atoms with Gasteiger partial charge in [-0.2, -0.15) is 0 Å². The third-order valence-corrected chi connectivity index (χ3v) is 9.04. The first-order chi connectivity index (χ1) is 18.4. The number of aromatic nitrogens is 1. The van der Waals surface area contributed by atoms with Crippen molar-refractivity contribution in [3.8, 4) is 5.75 Å². The van der Waals surface area contributed by atoms with E-state index >= 15 is 4.39 Å². The van der Waals surface area contributed by atoms with E-state index in [2.05, 4.69) is 35.1 Å². The van der Waals surface area contributed by atoms with E-state index < -0.39 is 5.82 Å². The van der Waals surface area contributed by atoms with E-state index in [1.54, 1.807) is 6.07 Å². The SMILES string of the molecule is CN1CCC2(CC1)Cc1cc(CN(C(=O)c3cc4c5c(c(N)nc4cc3F)COC5)C3CCC3)ccc1O2. The van der Waals surface area contributed by atoms with E-state index in [-0.39, 0.29) is 23.1 Å². The molecule has 3 aromatic rings. The number of carbonyl (C=O) groups is 1. The van der Waals surface area contributed by atoms with Crippen molar-refractivity contribution in [3.05, 3.63) is 64.0 Å². The number of fused-ring (bicyclic) bond motifs is 4. The lowest BCUT2D eigenvalue weighted by atomic mass is 9.87. The highest BCUT2D eigenvalue weighted by Gasteiger charge is 2.41. The highest BCUT2D eigenvalue weighted by atomic mass is 19.1. The molecule has 0 radical (unpaired) electrons. The fourth-order valence-corrected chi connectivity index (χ4v) is 6.46. The standard InChI is InChI=1S/C30H33FN4O3/c1-34-9-7-30(8-10-34)14-19-11-18(5-6-27(19)38-30)15-35(20-3-2-4-20)29(36)22-12-21-23-16-37-17-24(23)28(32)33-26(21)13-25(22)31/h5-6,11-13,20H,2-4,7-10,14-17H2,1H3,(H2,32,33). The summed E-state index contributed by atoms with van der Waals surface area (Å²) < 4.78 is 27.4. The number of halogens is 1. The minimum Gasteiger partial charge on any atom is -0.487 e. The Morgan fingerprint density at radius 3 is 2.74 bits per heavy atom. The van der Waals surface area contributed by atoms with Gasteiger partial charge in [-0.05, 0) is 55.1 Å². The summed E-state index contributed by atoms with van der Waals surface area (Å²) in [6.45, 7) is 3.31. The predicted octanol–water partition coefficient (Wildman–Crippen LogP) is 4.58. The third-order valence-electron chi connectivity index (χ3n) is 9.04. The number of nitrogen functional groups attached to an aromatic ring is 1. The number of carbonyl (C=O) groups excluding carboxylic acids is 1. The molecular formula is C30H33FN4O3. The van der Waals surface area contributed by atoms with Crippen LogP contribution >= 0.6 is 0 Å². The van der Waals surface area contributed by atoms with Crippen LogP contribution in [0, 0.1) is 5.82 Å². The lowest BCUT2D eigenvalue weighted by molar-refractivity contribution is 0.0271. The number of ether oxygens (including phenoxy) is 2. The van der Waals surface area contributed by atoms with Crippen LogP contribution in [0.4, 0.5) is 10.2 Å². The minimum atomic E-state index is -0.566. The summed E-state index contributed by atoms with van der Waals surface area (Å²) in [7, 11) is 2.16. The Balaban J connectivity index is 1.18. The Bertz CT molecular complexity index is 1450.